The summed E-state index contributed by atoms with van der Waals surface area (Å²) in [5.41, 5.74) is 2.18. The second-order valence-electron chi connectivity index (χ2n) is 6.72. The first-order valence-electron chi connectivity index (χ1n) is 8.92. The van der Waals surface area contributed by atoms with Gasteiger partial charge in [-0.1, -0.05) is 31.0 Å². The highest BCUT2D eigenvalue weighted by atomic mass is 16.2. The molecule has 0 N–H and O–H groups in total. The van der Waals surface area contributed by atoms with Crippen LogP contribution in [-0.4, -0.2) is 18.7 Å². The molecule has 0 unspecified atom stereocenters. The number of fused-ring (bicyclic) bond motifs is 1. The van der Waals surface area contributed by atoms with E-state index in [1.54, 1.807) is 10.9 Å². The summed E-state index contributed by atoms with van der Waals surface area (Å²) < 4.78 is 4.88. The molecule has 0 saturated heterocycles. The zero-order valence-electron chi connectivity index (χ0n) is 14.6. The molecule has 0 spiro atoms. The fourth-order valence-electron chi connectivity index (χ4n) is 3.92. The molecule has 1 fully saturated rings. The number of aryl methyl sites for hydroxylation is 1. The van der Waals surface area contributed by atoms with E-state index >= 15 is 0 Å². The Morgan fingerprint density at radius 3 is 2.56 bits per heavy atom. The van der Waals surface area contributed by atoms with Gasteiger partial charge in [-0.05, 0) is 38.3 Å². The topological polar surface area (TPSA) is 61.8 Å². The molecule has 0 atom stereocenters. The number of imidazole rings is 1. The van der Waals surface area contributed by atoms with Gasteiger partial charge in [0.1, 0.15) is 0 Å². The predicted molar refractivity (Wildman–Crippen MR) is 97.5 cm³/mol. The van der Waals surface area contributed by atoms with Crippen LogP contribution in [0, 0.1) is 6.92 Å². The van der Waals surface area contributed by atoms with Crippen LogP contribution in [0.4, 0.5) is 0 Å². The van der Waals surface area contributed by atoms with E-state index < -0.39 is 0 Å². The summed E-state index contributed by atoms with van der Waals surface area (Å²) in [6.07, 6.45) is 6.19. The van der Waals surface area contributed by atoms with Gasteiger partial charge in [0.15, 0.2) is 11.2 Å². The lowest BCUT2D eigenvalue weighted by molar-refractivity contribution is 0.528. The number of hydrogen-bond donors (Lipinski definition) is 0. The Kier molecular flexibility index (Phi) is 3.82. The van der Waals surface area contributed by atoms with E-state index in [9.17, 15) is 9.59 Å². The second kappa shape index (κ2) is 6.02. The molecular weight excluding hydrogens is 316 g/mol. The quantitative estimate of drug-likeness (QED) is 0.738. The van der Waals surface area contributed by atoms with Crippen LogP contribution in [0.5, 0.6) is 0 Å². The van der Waals surface area contributed by atoms with E-state index in [1.807, 2.05) is 42.7 Å². The molecule has 6 nitrogen and oxygen atoms in total. The molecular formula is C19H22N4O2. The van der Waals surface area contributed by atoms with Gasteiger partial charge in [-0.3, -0.25) is 9.36 Å². The van der Waals surface area contributed by atoms with Crippen LogP contribution in [-0.2, 0) is 6.54 Å². The zero-order chi connectivity index (χ0) is 17.6. The van der Waals surface area contributed by atoms with Crippen LogP contribution in [0.2, 0.25) is 0 Å². The fourth-order valence-corrected chi connectivity index (χ4v) is 3.92. The summed E-state index contributed by atoms with van der Waals surface area (Å²) in [5.74, 6) is 0. The smallest absolute Gasteiger partial charge is 0.322 e. The van der Waals surface area contributed by atoms with Crippen molar-refractivity contribution in [2.24, 2.45) is 0 Å². The van der Waals surface area contributed by atoms with Gasteiger partial charge >= 0.3 is 5.69 Å². The van der Waals surface area contributed by atoms with Crippen molar-refractivity contribution in [1.82, 2.24) is 18.7 Å². The van der Waals surface area contributed by atoms with Crippen LogP contribution in [0.1, 0.15) is 44.2 Å². The van der Waals surface area contributed by atoms with Gasteiger partial charge in [-0.2, -0.15) is 0 Å². The van der Waals surface area contributed by atoms with Gasteiger partial charge in [-0.15, -0.1) is 0 Å². The summed E-state index contributed by atoms with van der Waals surface area (Å²) in [4.78, 5) is 30.5. The Bertz CT molecular complexity index is 1050. The first-order chi connectivity index (χ1) is 12.1. The lowest BCUT2D eigenvalue weighted by atomic mass is 10.2. The number of hydrogen-bond acceptors (Lipinski definition) is 3. The largest absolute Gasteiger partial charge is 0.337 e. The summed E-state index contributed by atoms with van der Waals surface area (Å²) in [5, 5.41) is 0. The third-order valence-corrected chi connectivity index (χ3v) is 5.25. The number of rotatable bonds is 3. The molecule has 1 aromatic carbocycles. The zero-order valence-corrected chi connectivity index (χ0v) is 14.6. The maximum absolute atomic E-state index is 13.0. The van der Waals surface area contributed by atoms with Crippen LogP contribution < -0.4 is 11.2 Å². The first kappa shape index (κ1) is 15.9. The standard InChI is InChI=1S/C19H22N4O2/c1-3-21-18(24)16-17(20-12-22(16)14-9-5-6-10-14)23(19(21)25)15-11-7-4-8-13(15)2/h4,7-8,11-12,14H,3,5-6,9-10H2,1-2H3. The fraction of sp³-hybridized carbons (Fsp3) is 0.421. The third kappa shape index (κ3) is 2.35. The van der Waals surface area contributed by atoms with Crippen molar-refractivity contribution in [1.29, 1.82) is 0 Å². The molecule has 4 rings (SSSR count). The van der Waals surface area contributed by atoms with Crippen LogP contribution >= 0.6 is 0 Å². The van der Waals surface area contributed by atoms with Gasteiger partial charge < -0.3 is 4.57 Å². The van der Waals surface area contributed by atoms with E-state index in [0.29, 0.717) is 23.8 Å². The van der Waals surface area contributed by atoms with Gasteiger partial charge in [0.25, 0.3) is 5.56 Å². The van der Waals surface area contributed by atoms with Crippen LogP contribution in [0.3, 0.4) is 0 Å². The number of nitrogens with zero attached hydrogens (tertiary/aromatic N) is 4. The molecule has 3 aromatic rings. The van der Waals surface area contributed by atoms with Gasteiger partial charge in [0, 0.05) is 12.6 Å². The minimum atomic E-state index is -0.328. The van der Waals surface area contributed by atoms with Crippen molar-refractivity contribution in [3.63, 3.8) is 0 Å². The van der Waals surface area contributed by atoms with E-state index in [4.69, 9.17) is 0 Å². The average molecular weight is 338 g/mol. The summed E-state index contributed by atoms with van der Waals surface area (Å²) in [7, 11) is 0. The number of para-hydroxylation sites is 1. The molecule has 0 bridgehead atoms. The SMILES string of the molecule is CCn1c(=O)c2c(ncn2C2CCCC2)n(-c2ccccc2C)c1=O. The molecule has 0 radical (unpaired) electrons. The van der Waals surface area contributed by atoms with Gasteiger partial charge in [0.2, 0.25) is 0 Å². The molecule has 2 heterocycles. The summed E-state index contributed by atoms with van der Waals surface area (Å²) in [6.45, 7) is 4.13. The van der Waals surface area contributed by atoms with Crippen molar-refractivity contribution in [3.8, 4) is 5.69 Å². The van der Waals surface area contributed by atoms with Crippen molar-refractivity contribution < 1.29 is 0 Å². The molecule has 0 aliphatic heterocycles. The number of benzene rings is 1. The van der Waals surface area contributed by atoms with Crippen molar-refractivity contribution in [3.05, 3.63) is 57.0 Å². The highest BCUT2D eigenvalue weighted by molar-refractivity contribution is 5.73. The molecule has 1 aliphatic carbocycles. The predicted octanol–water partition coefficient (Wildman–Crippen LogP) is 2.79. The molecule has 25 heavy (non-hydrogen) atoms. The minimum absolute atomic E-state index is 0.239. The lowest BCUT2D eigenvalue weighted by Crippen LogP contribution is -2.40. The second-order valence-corrected chi connectivity index (χ2v) is 6.72. The van der Waals surface area contributed by atoms with E-state index in [2.05, 4.69) is 4.98 Å². The third-order valence-electron chi connectivity index (χ3n) is 5.25. The average Bonchev–Trinajstić information content (AvgIpc) is 3.26. The normalized spacial score (nSPS) is 15.3. The Labute approximate surface area is 145 Å². The maximum atomic E-state index is 13.0. The Morgan fingerprint density at radius 1 is 1.16 bits per heavy atom. The summed E-state index contributed by atoms with van der Waals surface area (Å²) in [6, 6.07) is 7.99. The highest BCUT2D eigenvalue weighted by Crippen LogP contribution is 2.31. The maximum Gasteiger partial charge on any atom is 0.337 e. The summed E-state index contributed by atoms with van der Waals surface area (Å²) >= 11 is 0. The highest BCUT2D eigenvalue weighted by Gasteiger charge is 2.24. The van der Waals surface area contributed by atoms with Crippen molar-refractivity contribution in [2.75, 3.05) is 0 Å². The van der Waals surface area contributed by atoms with Crippen molar-refractivity contribution >= 4 is 11.2 Å². The number of aromatic nitrogens is 4. The minimum Gasteiger partial charge on any atom is -0.322 e. The van der Waals surface area contributed by atoms with Crippen LogP contribution in [0.15, 0.2) is 40.2 Å². The van der Waals surface area contributed by atoms with E-state index in [0.717, 1.165) is 24.1 Å². The van der Waals surface area contributed by atoms with Gasteiger partial charge in [0.05, 0.1) is 12.0 Å². The van der Waals surface area contributed by atoms with Crippen LogP contribution in [0.25, 0.3) is 16.9 Å². The molecule has 2 aromatic heterocycles. The van der Waals surface area contributed by atoms with E-state index in [-0.39, 0.29) is 11.2 Å². The monoisotopic (exact) mass is 338 g/mol. The van der Waals surface area contributed by atoms with Crippen molar-refractivity contribution in [2.45, 2.75) is 52.1 Å². The Balaban J connectivity index is 2.11. The molecule has 6 heteroatoms. The lowest BCUT2D eigenvalue weighted by Gasteiger charge is -2.15. The molecule has 0 amide bonds. The Hall–Kier alpha value is -2.63. The van der Waals surface area contributed by atoms with Gasteiger partial charge in [-0.25, -0.2) is 14.3 Å². The first-order valence-corrected chi connectivity index (χ1v) is 8.92. The molecule has 1 saturated carbocycles. The Morgan fingerprint density at radius 2 is 1.88 bits per heavy atom. The van der Waals surface area contributed by atoms with E-state index in [1.165, 1.54) is 17.4 Å². The molecule has 130 valence electrons. The molecule has 1 aliphatic rings.